The van der Waals surface area contributed by atoms with Crippen molar-refractivity contribution in [3.63, 3.8) is 0 Å². The smallest absolute Gasteiger partial charge is 0.220 e. The molecule has 0 aliphatic carbocycles. The molecule has 2 rings (SSSR count). The van der Waals surface area contributed by atoms with Gasteiger partial charge in [-0.15, -0.1) is 0 Å². The summed E-state index contributed by atoms with van der Waals surface area (Å²) in [5.41, 5.74) is 7.45. The molecule has 0 bridgehead atoms. The maximum atomic E-state index is 11.7. The van der Waals surface area contributed by atoms with Crippen molar-refractivity contribution in [1.82, 2.24) is 10.6 Å². The Kier molecular flexibility index (Phi) is 4.39. The van der Waals surface area contributed by atoms with E-state index in [0.29, 0.717) is 31.5 Å². The van der Waals surface area contributed by atoms with Crippen molar-refractivity contribution in [2.45, 2.75) is 31.7 Å². The molecule has 1 saturated heterocycles. The summed E-state index contributed by atoms with van der Waals surface area (Å²) in [6.07, 6.45) is 2.47. The van der Waals surface area contributed by atoms with Crippen LogP contribution in [0.4, 0.5) is 5.69 Å². The Bertz CT molecular complexity index is 474. The number of hydrogen-bond acceptors (Lipinski definition) is 3. The Morgan fingerprint density at radius 2 is 2.32 bits per heavy atom. The van der Waals surface area contributed by atoms with Gasteiger partial charge in [-0.05, 0) is 30.5 Å². The normalized spacial score (nSPS) is 18.1. The molecule has 0 aromatic heterocycles. The second kappa shape index (κ2) is 6.22. The zero-order valence-electron chi connectivity index (χ0n) is 10.8. The molecule has 1 aromatic rings. The first-order valence-electron chi connectivity index (χ1n) is 6.54. The van der Waals surface area contributed by atoms with Crippen molar-refractivity contribution >= 4 is 17.5 Å². The molecule has 1 aromatic carbocycles. The lowest BCUT2D eigenvalue weighted by molar-refractivity contribution is -0.122. The van der Waals surface area contributed by atoms with E-state index in [1.807, 2.05) is 24.3 Å². The number of anilines is 1. The van der Waals surface area contributed by atoms with Crippen molar-refractivity contribution in [2.24, 2.45) is 0 Å². The minimum atomic E-state index is 0.00331. The lowest BCUT2D eigenvalue weighted by atomic mass is 10.1. The van der Waals surface area contributed by atoms with Crippen molar-refractivity contribution < 1.29 is 9.59 Å². The van der Waals surface area contributed by atoms with E-state index in [9.17, 15) is 9.59 Å². The molecule has 4 N–H and O–H groups in total. The summed E-state index contributed by atoms with van der Waals surface area (Å²) in [6.45, 7) is 0.515. The highest BCUT2D eigenvalue weighted by Crippen LogP contribution is 2.09. The van der Waals surface area contributed by atoms with Gasteiger partial charge in [0.1, 0.15) is 0 Å². The van der Waals surface area contributed by atoms with Crippen LogP contribution in [-0.4, -0.2) is 24.4 Å². The van der Waals surface area contributed by atoms with Crippen LogP contribution < -0.4 is 16.4 Å². The first kappa shape index (κ1) is 13.4. The zero-order valence-corrected chi connectivity index (χ0v) is 10.8. The lowest BCUT2D eigenvalue weighted by Crippen LogP contribution is -2.38. The van der Waals surface area contributed by atoms with Gasteiger partial charge in [0.05, 0.1) is 0 Å². The molecule has 5 heteroatoms. The monoisotopic (exact) mass is 261 g/mol. The van der Waals surface area contributed by atoms with Crippen LogP contribution in [0.15, 0.2) is 24.3 Å². The Labute approximate surface area is 112 Å². The molecular formula is C14H19N3O2. The van der Waals surface area contributed by atoms with Crippen molar-refractivity contribution in [3.8, 4) is 0 Å². The van der Waals surface area contributed by atoms with E-state index in [4.69, 9.17) is 5.73 Å². The van der Waals surface area contributed by atoms with Crippen LogP contribution in [-0.2, 0) is 16.0 Å². The van der Waals surface area contributed by atoms with Crippen LogP contribution in [0.1, 0.15) is 24.8 Å². The van der Waals surface area contributed by atoms with Gasteiger partial charge in [-0.3, -0.25) is 9.59 Å². The number of amides is 2. The fourth-order valence-corrected chi connectivity index (χ4v) is 2.16. The number of aryl methyl sites for hydroxylation is 1. The van der Waals surface area contributed by atoms with E-state index >= 15 is 0 Å². The predicted molar refractivity (Wildman–Crippen MR) is 73.3 cm³/mol. The summed E-state index contributed by atoms with van der Waals surface area (Å²) in [5, 5.41) is 5.67. The van der Waals surface area contributed by atoms with E-state index in [1.54, 1.807) is 0 Å². The third kappa shape index (κ3) is 4.28. The number of nitrogen functional groups attached to an aromatic ring is 1. The van der Waals surface area contributed by atoms with E-state index in [1.165, 1.54) is 0 Å². The molecular weight excluding hydrogens is 242 g/mol. The number of rotatable bonds is 5. The number of carbonyl (C=O) groups excluding carboxylic acids is 2. The van der Waals surface area contributed by atoms with Crippen molar-refractivity contribution in [1.29, 1.82) is 0 Å². The first-order valence-corrected chi connectivity index (χ1v) is 6.54. The van der Waals surface area contributed by atoms with E-state index in [0.717, 1.165) is 12.0 Å². The summed E-state index contributed by atoms with van der Waals surface area (Å²) in [7, 11) is 0. The average molecular weight is 261 g/mol. The molecule has 5 nitrogen and oxygen atoms in total. The minimum Gasteiger partial charge on any atom is -0.399 e. The van der Waals surface area contributed by atoms with Crippen molar-refractivity contribution in [2.75, 3.05) is 12.3 Å². The zero-order chi connectivity index (χ0) is 13.7. The van der Waals surface area contributed by atoms with Gasteiger partial charge in [-0.25, -0.2) is 0 Å². The molecule has 2 amide bonds. The summed E-state index contributed by atoms with van der Waals surface area (Å²) in [4.78, 5) is 22.7. The Balaban J connectivity index is 1.68. The summed E-state index contributed by atoms with van der Waals surface area (Å²) in [6, 6.07) is 7.64. The number of nitrogens with two attached hydrogens (primary N) is 1. The standard InChI is InChI=1S/C14H19N3O2/c15-11-3-1-2-10(8-11)4-6-13(18)16-9-12-5-7-14(19)17-12/h1-3,8,12H,4-7,9,15H2,(H,16,18)(H,17,19). The van der Waals surface area contributed by atoms with Crippen LogP contribution in [0.3, 0.4) is 0 Å². The fraction of sp³-hybridized carbons (Fsp3) is 0.429. The molecule has 0 spiro atoms. The minimum absolute atomic E-state index is 0.00331. The molecule has 0 radical (unpaired) electrons. The molecule has 1 aliphatic rings. The van der Waals surface area contributed by atoms with Gasteiger partial charge in [0.25, 0.3) is 0 Å². The van der Waals surface area contributed by atoms with Crippen LogP contribution in [0.25, 0.3) is 0 Å². The van der Waals surface area contributed by atoms with E-state index in [-0.39, 0.29) is 17.9 Å². The van der Waals surface area contributed by atoms with Gasteiger partial charge in [0.2, 0.25) is 11.8 Å². The van der Waals surface area contributed by atoms with Gasteiger partial charge in [0, 0.05) is 31.1 Å². The number of nitrogens with one attached hydrogen (secondary N) is 2. The summed E-state index contributed by atoms with van der Waals surface area (Å²) < 4.78 is 0. The average Bonchev–Trinajstić information content (AvgIpc) is 2.80. The van der Waals surface area contributed by atoms with E-state index in [2.05, 4.69) is 10.6 Å². The highest BCUT2D eigenvalue weighted by molar-refractivity contribution is 5.79. The number of hydrogen-bond donors (Lipinski definition) is 3. The number of carbonyl (C=O) groups is 2. The Morgan fingerprint density at radius 3 is 3.00 bits per heavy atom. The Hall–Kier alpha value is -2.04. The first-order chi connectivity index (χ1) is 9.13. The summed E-state index contributed by atoms with van der Waals surface area (Å²) >= 11 is 0. The molecule has 1 unspecified atom stereocenters. The van der Waals surface area contributed by atoms with Crippen LogP contribution in [0.2, 0.25) is 0 Å². The molecule has 19 heavy (non-hydrogen) atoms. The second-order valence-electron chi connectivity index (χ2n) is 4.85. The van der Waals surface area contributed by atoms with Gasteiger partial charge in [-0.1, -0.05) is 12.1 Å². The molecule has 0 saturated carbocycles. The van der Waals surface area contributed by atoms with Gasteiger partial charge in [-0.2, -0.15) is 0 Å². The maximum Gasteiger partial charge on any atom is 0.220 e. The lowest BCUT2D eigenvalue weighted by Gasteiger charge is -2.11. The molecule has 1 atom stereocenters. The molecule has 1 aliphatic heterocycles. The van der Waals surface area contributed by atoms with Gasteiger partial charge < -0.3 is 16.4 Å². The quantitative estimate of drug-likeness (QED) is 0.678. The third-order valence-corrected chi connectivity index (χ3v) is 3.22. The predicted octanol–water partition coefficient (Wildman–Crippen LogP) is 0.596. The SMILES string of the molecule is Nc1cccc(CCC(=O)NCC2CCC(=O)N2)c1. The second-order valence-corrected chi connectivity index (χ2v) is 4.85. The molecule has 102 valence electrons. The third-order valence-electron chi connectivity index (χ3n) is 3.22. The van der Waals surface area contributed by atoms with Crippen LogP contribution in [0, 0.1) is 0 Å². The molecule has 1 heterocycles. The van der Waals surface area contributed by atoms with Crippen LogP contribution >= 0.6 is 0 Å². The topological polar surface area (TPSA) is 84.2 Å². The van der Waals surface area contributed by atoms with E-state index < -0.39 is 0 Å². The summed E-state index contributed by atoms with van der Waals surface area (Å²) in [5.74, 6) is 0.0718. The highest BCUT2D eigenvalue weighted by atomic mass is 16.2. The van der Waals surface area contributed by atoms with Gasteiger partial charge >= 0.3 is 0 Å². The maximum absolute atomic E-state index is 11.7. The number of benzene rings is 1. The van der Waals surface area contributed by atoms with Crippen molar-refractivity contribution in [3.05, 3.63) is 29.8 Å². The highest BCUT2D eigenvalue weighted by Gasteiger charge is 2.20. The fourth-order valence-electron chi connectivity index (χ4n) is 2.16. The van der Waals surface area contributed by atoms with Gasteiger partial charge in [0.15, 0.2) is 0 Å². The molecule has 1 fully saturated rings. The Morgan fingerprint density at radius 1 is 1.47 bits per heavy atom. The van der Waals surface area contributed by atoms with Crippen LogP contribution in [0.5, 0.6) is 0 Å². The largest absolute Gasteiger partial charge is 0.399 e.